The van der Waals surface area contributed by atoms with Crippen LogP contribution in [0.2, 0.25) is 0 Å². The molecule has 1 aliphatic heterocycles. The van der Waals surface area contributed by atoms with Gasteiger partial charge in [0, 0.05) is 18.4 Å². The molecule has 0 bridgehead atoms. The van der Waals surface area contributed by atoms with Crippen LogP contribution in [-0.4, -0.2) is 50.9 Å². The number of likely N-dealkylation sites (tertiary alicyclic amines) is 1. The van der Waals surface area contributed by atoms with E-state index in [0.29, 0.717) is 31.5 Å². The Morgan fingerprint density at radius 2 is 2.00 bits per heavy atom. The topological polar surface area (TPSA) is 112 Å². The summed E-state index contributed by atoms with van der Waals surface area (Å²) >= 11 is 0. The fraction of sp³-hybridized carbons (Fsp3) is 0.556. The van der Waals surface area contributed by atoms with Gasteiger partial charge in [-0.1, -0.05) is 18.9 Å². The molecule has 1 aromatic rings. The summed E-state index contributed by atoms with van der Waals surface area (Å²) in [4.78, 5) is 43.2. The molecule has 1 aromatic heterocycles. The van der Waals surface area contributed by atoms with Gasteiger partial charge in [-0.25, -0.2) is 5.48 Å². The van der Waals surface area contributed by atoms with E-state index in [1.165, 1.54) is 0 Å². The van der Waals surface area contributed by atoms with E-state index in [0.717, 1.165) is 19.3 Å². The van der Waals surface area contributed by atoms with Gasteiger partial charge >= 0.3 is 0 Å². The third-order valence-corrected chi connectivity index (χ3v) is 5.29. The van der Waals surface area contributed by atoms with Crippen molar-refractivity contribution in [2.24, 2.45) is 0 Å². The minimum Gasteiger partial charge on any atom is -0.340 e. The summed E-state index contributed by atoms with van der Waals surface area (Å²) in [6, 6.07) is 4.80. The Kier molecular flexibility index (Phi) is 5.51. The molecule has 0 spiro atoms. The van der Waals surface area contributed by atoms with Crippen LogP contribution >= 0.6 is 0 Å². The van der Waals surface area contributed by atoms with Crippen molar-refractivity contribution in [1.82, 2.24) is 20.7 Å². The van der Waals surface area contributed by atoms with Crippen molar-refractivity contribution in [2.45, 2.75) is 56.5 Å². The smallest absolute Gasteiger partial charge is 0.269 e. The number of hydrogen-bond donors (Lipinski definition) is 3. The highest BCUT2D eigenvalue weighted by Crippen LogP contribution is 2.31. The molecule has 3 amide bonds. The third-order valence-electron chi connectivity index (χ3n) is 5.29. The van der Waals surface area contributed by atoms with Gasteiger partial charge in [-0.15, -0.1) is 0 Å². The van der Waals surface area contributed by atoms with Gasteiger partial charge in [0.15, 0.2) is 0 Å². The SMILES string of the molecule is O=C(NC1(C(=O)NO)CCCC1)[C@@H]1CCCN1C(=O)Cc1ccccn1. The van der Waals surface area contributed by atoms with E-state index in [4.69, 9.17) is 5.21 Å². The first kappa shape index (κ1) is 18.3. The van der Waals surface area contributed by atoms with Crippen LogP contribution in [0.5, 0.6) is 0 Å². The van der Waals surface area contributed by atoms with Gasteiger partial charge in [0.2, 0.25) is 11.8 Å². The van der Waals surface area contributed by atoms with E-state index in [-0.39, 0.29) is 18.2 Å². The van der Waals surface area contributed by atoms with Crippen LogP contribution in [0.25, 0.3) is 0 Å². The van der Waals surface area contributed by atoms with E-state index in [1.807, 2.05) is 6.07 Å². The standard InChI is InChI=1S/C18H24N4O4/c23-15(12-13-6-1-4-10-19-13)22-11-5-7-14(22)16(24)20-18(17(25)21-26)8-2-3-9-18/h1,4,6,10,14,26H,2-3,5,7-9,11-12H2,(H,20,24)(H,21,25)/t14-/m0/s1. The Hall–Kier alpha value is -2.48. The summed E-state index contributed by atoms with van der Waals surface area (Å²) in [6.07, 6.45) is 5.67. The summed E-state index contributed by atoms with van der Waals surface area (Å²) in [5.74, 6) is -1.07. The van der Waals surface area contributed by atoms with Gasteiger partial charge in [-0.2, -0.15) is 0 Å². The van der Waals surface area contributed by atoms with Crippen molar-refractivity contribution in [2.75, 3.05) is 6.54 Å². The van der Waals surface area contributed by atoms with Crippen LogP contribution in [0, 0.1) is 0 Å². The number of rotatable bonds is 5. The maximum Gasteiger partial charge on any atom is 0.269 e. The van der Waals surface area contributed by atoms with Gasteiger partial charge in [0.05, 0.1) is 6.42 Å². The minimum atomic E-state index is -1.08. The van der Waals surface area contributed by atoms with Crippen LogP contribution < -0.4 is 10.8 Å². The zero-order valence-corrected chi connectivity index (χ0v) is 14.6. The average molecular weight is 360 g/mol. The van der Waals surface area contributed by atoms with Gasteiger partial charge < -0.3 is 10.2 Å². The average Bonchev–Trinajstić information content (AvgIpc) is 3.32. The molecular formula is C18H24N4O4. The van der Waals surface area contributed by atoms with E-state index >= 15 is 0 Å². The van der Waals surface area contributed by atoms with Crippen LogP contribution in [0.3, 0.4) is 0 Å². The monoisotopic (exact) mass is 360 g/mol. The fourth-order valence-corrected chi connectivity index (χ4v) is 3.91. The summed E-state index contributed by atoms with van der Waals surface area (Å²) < 4.78 is 0. The van der Waals surface area contributed by atoms with Crippen LogP contribution in [0.15, 0.2) is 24.4 Å². The highest BCUT2D eigenvalue weighted by Gasteiger charge is 2.45. The molecule has 26 heavy (non-hydrogen) atoms. The highest BCUT2D eigenvalue weighted by molar-refractivity contribution is 5.94. The van der Waals surface area contributed by atoms with E-state index in [2.05, 4.69) is 10.3 Å². The Morgan fingerprint density at radius 1 is 1.23 bits per heavy atom. The lowest BCUT2D eigenvalue weighted by Gasteiger charge is -2.31. The largest absolute Gasteiger partial charge is 0.340 e. The zero-order valence-electron chi connectivity index (χ0n) is 14.6. The molecule has 0 radical (unpaired) electrons. The molecule has 0 unspecified atom stereocenters. The molecule has 3 rings (SSSR count). The number of pyridine rings is 1. The molecule has 140 valence electrons. The Labute approximate surface area is 151 Å². The molecule has 2 aliphatic rings. The lowest BCUT2D eigenvalue weighted by Crippen LogP contribution is -2.60. The first-order chi connectivity index (χ1) is 12.6. The number of carbonyl (C=O) groups is 3. The maximum absolute atomic E-state index is 12.8. The zero-order chi connectivity index (χ0) is 18.6. The van der Waals surface area contributed by atoms with Crippen molar-refractivity contribution in [3.63, 3.8) is 0 Å². The van der Waals surface area contributed by atoms with E-state index in [1.54, 1.807) is 28.7 Å². The number of nitrogens with one attached hydrogen (secondary N) is 2. The molecule has 2 fully saturated rings. The minimum absolute atomic E-state index is 0.145. The summed E-state index contributed by atoms with van der Waals surface area (Å²) in [5, 5.41) is 11.8. The van der Waals surface area contributed by atoms with Gasteiger partial charge in [0.1, 0.15) is 11.6 Å². The van der Waals surface area contributed by atoms with Crippen LogP contribution in [-0.2, 0) is 20.8 Å². The number of nitrogens with zero attached hydrogens (tertiary/aromatic N) is 2. The molecule has 1 atom stereocenters. The quantitative estimate of drug-likeness (QED) is 0.524. The molecule has 3 N–H and O–H groups in total. The highest BCUT2D eigenvalue weighted by atomic mass is 16.5. The Bertz CT molecular complexity index is 673. The first-order valence-electron chi connectivity index (χ1n) is 9.02. The molecule has 1 aliphatic carbocycles. The molecule has 8 nitrogen and oxygen atoms in total. The summed E-state index contributed by atoms with van der Waals surface area (Å²) in [6.45, 7) is 0.517. The van der Waals surface area contributed by atoms with Crippen molar-refractivity contribution >= 4 is 17.7 Å². The second-order valence-electron chi connectivity index (χ2n) is 6.96. The summed E-state index contributed by atoms with van der Waals surface area (Å²) in [7, 11) is 0. The van der Waals surface area contributed by atoms with Crippen LogP contribution in [0.4, 0.5) is 0 Å². The summed E-state index contributed by atoms with van der Waals surface area (Å²) in [5.41, 5.74) is 1.25. The molecule has 2 heterocycles. The second kappa shape index (κ2) is 7.82. The lowest BCUT2D eigenvalue weighted by molar-refractivity contribution is -0.143. The number of amides is 3. The van der Waals surface area contributed by atoms with Crippen LogP contribution in [0.1, 0.15) is 44.2 Å². The number of hydrogen-bond acceptors (Lipinski definition) is 5. The van der Waals surface area contributed by atoms with E-state index < -0.39 is 17.5 Å². The molecular weight excluding hydrogens is 336 g/mol. The van der Waals surface area contributed by atoms with E-state index in [9.17, 15) is 14.4 Å². The van der Waals surface area contributed by atoms with Crippen molar-refractivity contribution in [3.8, 4) is 0 Å². The van der Waals surface area contributed by atoms with Gasteiger partial charge in [-0.3, -0.25) is 24.6 Å². The fourth-order valence-electron chi connectivity index (χ4n) is 3.91. The molecule has 0 aromatic carbocycles. The Balaban J connectivity index is 1.68. The van der Waals surface area contributed by atoms with Gasteiger partial charge in [0.25, 0.3) is 5.91 Å². The first-order valence-corrected chi connectivity index (χ1v) is 9.02. The number of hydroxylamine groups is 1. The lowest BCUT2D eigenvalue weighted by atomic mass is 9.95. The third kappa shape index (κ3) is 3.70. The predicted octanol–water partition coefficient (Wildman–Crippen LogP) is 0.549. The normalized spacial score (nSPS) is 21.4. The maximum atomic E-state index is 12.8. The second-order valence-corrected chi connectivity index (χ2v) is 6.96. The number of aromatic nitrogens is 1. The van der Waals surface area contributed by atoms with Gasteiger partial charge in [-0.05, 0) is 37.8 Å². The molecule has 8 heteroatoms. The number of carbonyl (C=O) groups excluding carboxylic acids is 3. The Morgan fingerprint density at radius 3 is 2.65 bits per heavy atom. The van der Waals surface area contributed by atoms with Crippen molar-refractivity contribution in [1.29, 1.82) is 0 Å². The predicted molar refractivity (Wildman–Crippen MR) is 91.9 cm³/mol. The molecule has 1 saturated carbocycles. The van der Waals surface area contributed by atoms with Crippen molar-refractivity contribution in [3.05, 3.63) is 30.1 Å². The molecule has 1 saturated heterocycles. The van der Waals surface area contributed by atoms with Crippen molar-refractivity contribution < 1.29 is 19.6 Å².